The van der Waals surface area contributed by atoms with Gasteiger partial charge in [-0.1, -0.05) is 182 Å². The summed E-state index contributed by atoms with van der Waals surface area (Å²) in [5.41, 5.74) is 0.701. The molecular formula is C58H40N2. The number of hydrogen-bond donors (Lipinski definition) is 0. The third kappa shape index (κ3) is 6.32. The molecule has 0 saturated carbocycles. The molecule has 0 radical (unpaired) electrons. The van der Waals surface area contributed by atoms with Gasteiger partial charge in [0.15, 0.2) is 0 Å². The van der Waals surface area contributed by atoms with Crippen LogP contribution in [-0.4, -0.2) is 4.57 Å². The van der Waals surface area contributed by atoms with Crippen molar-refractivity contribution in [2.75, 3.05) is 4.90 Å². The summed E-state index contributed by atoms with van der Waals surface area (Å²) < 4.78 is 158. The summed E-state index contributed by atoms with van der Waals surface area (Å²) in [6.07, 6.45) is 0. The molecule has 10 aromatic carbocycles. The zero-order valence-corrected chi connectivity index (χ0v) is 31.7. The van der Waals surface area contributed by atoms with E-state index in [4.69, 9.17) is 13.7 Å². The van der Waals surface area contributed by atoms with Gasteiger partial charge >= 0.3 is 0 Å². The lowest BCUT2D eigenvalue weighted by molar-refractivity contribution is 1.20. The summed E-state index contributed by atoms with van der Waals surface area (Å²) in [5.74, 6) is 0. The maximum atomic E-state index is 10.1. The van der Waals surface area contributed by atoms with E-state index in [1.54, 1.807) is 30.3 Å². The van der Waals surface area contributed by atoms with Crippen LogP contribution in [0.5, 0.6) is 0 Å². The van der Waals surface area contributed by atoms with Crippen LogP contribution in [0.25, 0.3) is 82.8 Å². The molecule has 0 saturated heterocycles. The molecule has 11 aromatic rings. The van der Waals surface area contributed by atoms with Gasteiger partial charge in [0, 0.05) is 33.2 Å². The first kappa shape index (κ1) is 21.7. The van der Waals surface area contributed by atoms with E-state index in [9.17, 15) is 9.60 Å². The molecule has 0 aliphatic rings. The second-order valence-corrected chi connectivity index (χ2v) is 14.0. The minimum Gasteiger partial charge on any atom is -0.310 e. The summed E-state index contributed by atoms with van der Waals surface area (Å²) in [4.78, 5) is 1.09. The Kier molecular flexibility index (Phi) is 5.46. The number of rotatable bonds is 8. The highest BCUT2D eigenvalue weighted by molar-refractivity contribution is 6.11. The van der Waals surface area contributed by atoms with Crippen LogP contribution in [-0.2, 0) is 0 Å². The van der Waals surface area contributed by atoms with Gasteiger partial charge in [-0.15, -0.1) is 0 Å². The van der Waals surface area contributed by atoms with Crippen molar-refractivity contribution in [3.8, 4) is 50.2 Å². The number of fused-ring (bicyclic) bond motifs is 4. The molecule has 0 unspecified atom stereocenters. The molecule has 0 amide bonds. The van der Waals surface area contributed by atoms with Gasteiger partial charge in [0.1, 0.15) is 0 Å². The Morgan fingerprint density at radius 1 is 0.350 bits per heavy atom. The third-order valence-electron chi connectivity index (χ3n) is 10.6. The van der Waals surface area contributed by atoms with E-state index in [2.05, 4.69) is 10.6 Å². The molecule has 0 bridgehead atoms. The van der Waals surface area contributed by atoms with Crippen LogP contribution in [0.1, 0.15) is 23.3 Å². The van der Waals surface area contributed by atoms with Crippen LogP contribution < -0.4 is 4.90 Å². The summed E-state index contributed by atoms with van der Waals surface area (Å²) >= 11 is 0. The highest BCUT2D eigenvalue weighted by Crippen LogP contribution is 2.42. The molecule has 2 heteroatoms. The highest BCUT2D eigenvalue weighted by atomic mass is 15.1. The molecule has 0 N–H and O–H groups in total. The lowest BCUT2D eigenvalue weighted by Gasteiger charge is -2.27. The summed E-state index contributed by atoms with van der Waals surface area (Å²) in [7, 11) is 0. The van der Waals surface area contributed by atoms with E-state index < -0.39 is 136 Å². The smallest absolute Gasteiger partial charge is 0.0652 e. The van der Waals surface area contributed by atoms with Crippen molar-refractivity contribution in [1.82, 2.24) is 4.57 Å². The van der Waals surface area contributed by atoms with E-state index in [0.29, 0.717) is 11.1 Å². The Morgan fingerprint density at radius 3 is 1.72 bits per heavy atom. The number of benzene rings is 10. The van der Waals surface area contributed by atoms with Gasteiger partial charge in [0.05, 0.1) is 40.0 Å². The van der Waals surface area contributed by atoms with E-state index in [1.807, 2.05) is 103 Å². The Labute approximate surface area is 374 Å². The molecule has 0 fully saturated rings. The molecule has 0 spiro atoms. The number of aromatic nitrogens is 1. The van der Waals surface area contributed by atoms with Crippen LogP contribution in [0.2, 0.25) is 0 Å². The Bertz CT molecular complexity index is 4220. The number of nitrogens with zero attached hydrogens (tertiary/aromatic N) is 2. The van der Waals surface area contributed by atoms with Crippen molar-refractivity contribution >= 4 is 49.6 Å². The predicted octanol–water partition coefficient (Wildman–Crippen LogP) is 16.1. The molecule has 1 heterocycles. The molecular weight excluding hydrogens is 725 g/mol. The molecule has 0 aliphatic carbocycles. The second-order valence-electron chi connectivity index (χ2n) is 14.0. The topological polar surface area (TPSA) is 8.17 Å². The first-order valence-corrected chi connectivity index (χ1v) is 19.2. The lowest BCUT2D eigenvalue weighted by atomic mass is 9.93. The monoisotopic (exact) mass is 781 g/mol. The Morgan fingerprint density at radius 2 is 0.950 bits per heavy atom. The first-order valence-electron chi connectivity index (χ1n) is 27.7. The summed E-state index contributed by atoms with van der Waals surface area (Å²) in [5, 5.41) is 3.70. The molecule has 0 aliphatic heterocycles. The molecule has 60 heavy (non-hydrogen) atoms. The fraction of sp³-hybridized carbons (Fsp3) is 0. The highest BCUT2D eigenvalue weighted by Gasteiger charge is 2.18. The van der Waals surface area contributed by atoms with Crippen molar-refractivity contribution in [2.45, 2.75) is 0 Å². The minimum atomic E-state index is -0.898. The molecule has 282 valence electrons. The van der Waals surface area contributed by atoms with Gasteiger partial charge in [-0.05, 0) is 110 Å². The van der Waals surface area contributed by atoms with Gasteiger partial charge in [0.2, 0.25) is 0 Å². The Hall–Kier alpha value is -7.94. The largest absolute Gasteiger partial charge is 0.310 e. The lowest BCUT2D eigenvalue weighted by Crippen LogP contribution is -2.10. The zero-order chi connectivity index (χ0) is 54.6. The first-order chi connectivity index (χ1) is 36.8. The molecule has 1 aromatic heterocycles. The van der Waals surface area contributed by atoms with Crippen molar-refractivity contribution in [2.24, 2.45) is 0 Å². The molecule has 2 nitrogen and oxygen atoms in total. The van der Waals surface area contributed by atoms with Crippen molar-refractivity contribution < 1.29 is 23.3 Å². The second kappa shape index (κ2) is 15.1. The van der Waals surface area contributed by atoms with Gasteiger partial charge in [0.25, 0.3) is 0 Å². The van der Waals surface area contributed by atoms with Crippen molar-refractivity contribution in [3.63, 3.8) is 0 Å². The number of anilines is 3. The quantitative estimate of drug-likeness (QED) is 0.149. The Balaban J connectivity index is 1.20. The minimum absolute atomic E-state index is 0.0601. The van der Waals surface area contributed by atoms with Crippen LogP contribution in [0.3, 0.4) is 0 Å². The zero-order valence-electron chi connectivity index (χ0n) is 48.7. The number of para-hydroxylation sites is 1. The third-order valence-corrected chi connectivity index (χ3v) is 10.6. The average Bonchev–Trinajstić information content (AvgIpc) is 3.92. The summed E-state index contributed by atoms with van der Waals surface area (Å²) in [6.45, 7) is 0. The van der Waals surface area contributed by atoms with Gasteiger partial charge in [-0.3, -0.25) is 0 Å². The van der Waals surface area contributed by atoms with Gasteiger partial charge < -0.3 is 9.47 Å². The van der Waals surface area contributed by atoms with Crippen LogP contribution in [0.4, 0.5) is 17.1 Å². The summed E-state index contributed by atoms with van der Waals surface area (Å²) in [6, 6.07) is 29.8. The number of hydrogen-bond acceptors (Lipinski definition) is 1. The fourth-order valence-electron chi connectivity index (χ4n) is 7.79. The SMILES string of the molecule is [2H]c1c([2H])c([2H])c(-c2c([2H])c([2H])c(N(c3ccc(-c4ccccc4)cc3)c3c([2H])c([2H])c(-c4ccc5c(c4)c4ccccc4n5-c4cccc5ccccc45)c([2H])c3[2H])c([2H])c2-c2c([2H])c([2H])c([2H])c([2H])c2[2H])c([2H])c1[2H]. The van der Waals surface area contributed by atoms with Crippen LogP contribution >= 0.6 is 0 Å². The standard InChI is InChI=1S/C58H40N2/c1-4-15-41(16-5-1)42-27-32-48(33-28-42)59(50-36-37-51(44-17-6-2-7-18-44)54(40-50)46-19-8-3-9-20-46)49-34-29-43(30-35-49)47-31-38-58-55(39-47)53-24-12-13-25-57(53)60(58)56-26-14-22-45-21-10-11-23-52(45)56/h1-40H/i2D,3D,6D,7D,8D,9D,17D,18D,19D,20D,29D,30D,34D,35D,36D,37D,40D. The fourth-order valence-corrected chi connectivity index (χ4v) is 7.79. The molecule has 0 atom stereocenters. The average molecular weight is 782 g/mol. The van der Waals surface area contributed by atoms with Gasteiger partial charge in [-0.2, -0.15) is 0 Å². The predicted molar refractivity (Wildman–Crippen MR) is 255 cm³/mol. The van der Waals surface area contributed by atoms with Crippen LogP contribution in [0.15, 0.2) is 242 Å². The maximum absolute atomic E-state index is 10.1. The molecule has 11 rings (SSSR count). The van der Waals surface area contributed by atoms with E-state index in [-0.39, 0.29) is 11.3 Å². The van der Waals surface area contributed by atoms with Crippen LogP contribution in [0, 0.1) is 0 Å². The van der Waals surface area contributed by atoms with E-state index in [0.717, 1.165) is 48.7 Å². The maximum Gasteiger partial charge on any atom is 0.0652 e. The van der Waals surface area contributed by atoms with E-state index >= 15 is 0 Å². The van der Waals surface area contributed by atoms with Crippen molar-refractivity contribution in [3.05, 3.63) is 242 Å². The van der Waals surface area contributed by atoms with E-state index in [1.165, 1.54) is 0 Å². The normalized spacial score (nSPS) is 15.3. The van der Waals surface area contributed by atoms with Crippen molar-refractivity contribution in [1.29, 1.82) is 0 Å². The van der Waals surface area contributed by atoms with Gasteiger partial charge in [-0.25, -0.2) is 0 Å².